The molecule has 1 aromatic carbocycles. The largest absolute Gasteiger partial charge is 0.508 e. The van der Waals surface area contributed by atoms with E-state index in [0.29, 0.717) is 12.3 Å². The van der Waals surface area contributed by atoms with Gasteiger partial charge in [-0.2, -0.15) is 0 Å². The number of benzene rings is 1. The van der Waals surface area contributed by atoms with E-state index in [9.17, 15) is 13.5 Å². The number of nitrogens with one attached hydrogen (secondary N) is 1. The smallest absolute Gasteiger partial charge is 0.150 e. The number of hydrogen-bond donors (Lipinski definition) is 2. The van der Waals surface area contributed by atoms with Gasteiger partial charge in [-0.25, -0.2) is 8.42 Å². The van der Waals surface area contributed by atoms with Crippen molar-refractivity contribution in [3.05, 3.63) is 29.8 Å². The average molecular weight is 269 g/mol. The van der Waals surface area contributed by atoms with E-state index in [2.05, 4.69) is 5.32 Å². The van der Waals surface area contributed by atoms with Crippen LogP contribution in [0.25, 0.3) is 0 Å². The van der Waals surface area contributed by atoms with Gasteiger partial charge in [-0.15, -0.1) is 0 Å². The number of aromatic hydroxyl groups is 1. The summed E-state index contributed by atoms with van der Waals surface area (Å²) in [5.41, 5.74) is 0.846. The molecule has 5 heteroatoms. The van der Waals surface area contributed by atoms with Crippen molar-refractivity contribution in [2.24, 2.45) is 5.92 Å². The summed E-state index contributed by atoms with van der Waals surface area (Å²) < 4.78 is 22.7. The van der Waals surface area contributed by atoms with Crippen molar-refractivity contribution in [1.29, 1.82) is 0 Å². The number of hydrogen-bond acceptors (Lipinski definition) is 4. The Morgan fingerprint density at radius 1 is 1.44 bits per heavy atom. The van der Waals surface area contributed by atoms with Gasteiger partial charge in [-0.1, -0.05) is 18.2 Å². The van der Waals surface area contributed by atoms with Crippen LogP contribution in [0.3, 0.4) is 0 Å². The van der Waals surface area contributed by atoms with Gasteiger partial charge in [0.2, 0.25) is 0 Å². The Labute approximate surface area is 108 Å². The summed E-state index contributed by atoms with van der Waals surface area (Å²) >= 11 is 0. The van der Waals surface area contributed by atoms with Crippen molar-refractivity contribution < 1.29 is 13.5 Å². The van der Waals surface area contributed by atoms with Gasteiger partial charge in [0.15, 0.2) is 9.84 Å². The minimum absolute atomic E-state index is 0.0227. The van der Waals surface area contributed by atoms with Gasteiger partial charge in [0.05, 0.1) is 11.5 Å². The highest BCUT2D eigenvalue weighted by atomic mass is 32.2. The van der Waals surface area contributed by atoms with E-state index < -0.39 is 9.84 Å². The number of phenolic OH excluding ortho intramolecular Hbond substituents is 1. The van der Waals surface area contributed by atoms with Gasteiger partial charge >= 0.3 is 0 Å². The standard InChI is InChI=1S/C13H19NO3S/c1-10(12-4-2-3-5-13(12)15)14-8-11-6-7-18(16,17)9-11/h2-5,10-11,14-15H,6-9H2,1H3. The number of rotatable bonds is 4. The number of sulfone groups is 1. The third kappa shape index (κ3) is 3.23. The molecule has 2 atom stereocenters. The quantitative estimate of drug-likeness (QED) is 0.869. The molecule has 1 heterocycles. The molecule has 0 aromatic heterocycles. The van der Waals surface area contributed by atoms with E-state index in [4.69, 9.17) is 0 Å². The summed E-state index contributed by atoms with van der Waals surface area (Å²) in [6, 6.07) is 7.23. The Bertz CT molecular complexity index is 513. The molecule has 1 aliphatic rings. The number of phenols is 1. The summed E-state index contributed by atoms with van der Waals surface area (Å²) in [7, 11) is -2.81. The minimum atomic E-state index is -2.81. The molecule has 0 amide bonds. The van der Waals surface area contributed by atoms with Crippen LogP contribution < -0.4 is 5.32 Å². The Balaban J connectivity index is 1.90. The molecule has 4 nitrogen and oxygen atoms in total. The molecule has 2 rings (SSSR count). The molecule has 0 spiro atoms. The molecule has 1 aromatic rings. The average Bonchev–Trinajstić information content (AvgIpc) is 2.66. The molecule has 0 aliphatic carbocycles. The second-order valence-electron chi connectivity index (χ2n) is 4.96. The van der Waals surface area contributed by atoms with Crippen LogP contribution in [-0.2, 0) is 9.84 Å². The fourth-order valence-electron chi connectivity index (χ4n) is 2.34. The first-order valence-electron chi connectivity index (χ1n) is 6.19. The van der Waals surface area contributed by atoms with Crippen LogP contribution >= 0.6 is 0 Å². The topological polar surface area (TPSA) is 66.4 Å². The summed E-state index contributed by atoms with van der Waals surface area (Å²) in [4.78, 5) is 0. The third-order valence-corrected chi connectivity index (χ3v) is 5.28. The van der Waals surface area contributed by atoms with Crippen molar-refractivity contribution in [1.82, 2.24) is 5.32 Å². The van der Waals surface area contributed by atoms with Gasteiger partial charge in [0, 0.05) is 11.6 Å². The van der Waals surface area contributed by atoms with Crippen molar-refractivity contribution in [2.45, 2.75) is 19.4 Å². The first kappa shape index (κ1) is 13.4. The fourth-order valence-corrected chi connectivity index (χ4v) is 4.20. The lowest BCUT2D eigenvalue weighted by Gasteiger charge is -2.17. The summed E-state index contributed by atoms with van der Waals surface area (Å²) in [6.07, 6.45) is 0.739. The summed E-state index contributed by atoms with van der Waals surface area (Å²) in [6.45, 7) is 2.65. The molecular formula is C13H19NO3S. The van der Waals surface area contributed by atoms with Crippen LogP contribution in [0, 0.1) is 5.92 Å². The predicted octanol–water partition coefficient (Wildman–Crippen LogP) is 1.48. The van der Waals surface area contributed by atoms with Crippen LogP contribution in [0.4, 0.5) is 0 Å². The molecule has 0 bridgehead atoms. The first-order chi connectivity index (χ1) is 8.48. The first-order valence-corrected chi connectivity index (χ1v) is 8.02. The van der Waals surface area contributed by atoms with Gasteiger partial charge in [0.1, 0.15) is 5.75 Å². The van der Waals surface area contributed by atoms with Crippen LogP contribution in [0.5, 0.6) is 5.75 Å². The fraction of sp³-hybridized carbons (Fsp3) is 0.538. The summed E-state index contributed by atoms with van der Waals surface area (Å²) in [5.74, 6) is 1.07. The Morgan fingerprint density at radius 2 is 2.17 bits per heavy atom. The maximum atomic E-state index is 11.3. The van der Waals surface area contributed by atoms with Crippen LogP contribution in [0.15, 0.2) is 24.3 Å². The minimum Gasteiger partial charge on any atom is -0.508 e. The van der Waals surface area contributed by atoms with Gasteiger partial charge in [-0.3, -0.25) is 0 Å². The Morgan fingerprint density at radius 3 is 2.78 bits per heavy atom. The van der Waals surface area contributed by atoms with E-state index in [1.54, 1.807) is 12.1 Å². The molecule has 1 aliphatic heterocycles. The van der Waals surface area contributed by atoms with Gasteiger partial charge in [0.25, 0.3) is 0 Å². The van der Waals surface area contributed by atoms with Crippen LogP contribution in [0.2, 0.25) is 0 Å². The molecule has 18 heavy (non-hydrogen) atoms. The van der Waals surface area contributed by atoms with E-state index >= 15 is 0 Å². The highest BCUT2D eigenvalue weighted by Crippen LogP contribution is 2.24. The van der Waals surface area contributed by atoms with Gasteiger partial charge in [-0.05, 0) is 31.9 Å². The molecule has 2 unspecified atom stereocenters. The lowest BCUT2D eigenvalue weighted by Crippen LogP contribution is -2.26. The Hall–Kier alpha value is -1.07. The van der Waals surface area contributed by atoms with Crippen molar-refractivity contribution in [3.8, 4) is 5.75 Å². The molecule has 1 saturated heterocycles. The molecule has 2 N–H and O–H groups in total. The molecular weight excluding hydrogens is 250 g/mol. The van der Waals surface area contributed by atoms with Crippen molar-refractivity contribution in [3.63, 3.8) is 0 Å². The van der Waals surface area contributed by atoms with E-state index in [1.807, 2.05) is 19.1 Å². The zero-order chi connectivity index (χ0) is 13.2. The van der Waals surface area contributed by atoms with Crippen molar-refractivity contribution >= 4 is 9.84 Å². The maximum Gasteiger partial charge on any atom is 0.150 e. The molecule has 100 valence electrons. The van der Waals surface area contributed by atoms with E-state index in [-0.39, 0.29) is 23.5 Å². The van der Waals surface area contributed by atoms with E-state index in [0.717, 1.165) is 12.0 Å². The van der Waals surface area contributed by atoms with Crippen molar-refractivity contribution in [2.75, 3.05) is 18.1 Å². The highest BCUT2D eigenvalue weighted by molar-refractivity contribution is 7.91. The highest BCUT2D eigenvalue weighted by Gasteiger charge is 2.27. The zero-order valence-corrected chi connectivity index (χ0v) is 11.3. The SMILES string of the molecule is CC(NCC1CCS(=O)(=O)C1)c1ccccc1O. The van der Waals surface area contributed by atoms with Gasteiger partial charge < -0.3 is 10.4 Å². The lowest BCUT2D eigenvalue weighted by molar-refractivity contribution is 0.437. The zero-order valence-electron chi connectivity index (χ0n) is 10.5. The molecule has 0 saturated carbocycles. The van der Waals surface area contributed by atoms with Crippen LogP contribution in [0.1, 0.15) is 24.9 Å². The second-order valence-corrected chi connectivity index (χ2v) is 7.19. The third-order valence-electron chi connectivity index (χ3n) is 3.44. The lowest BCUT2D eigenvalue weighted by atomic mass is 10.1. The monoisotopic (exact) mass is 269 g/mol. The second kappa shape index (κ2) is 5.28. The normalized spacial score (nSPS) is 23.9. The predicted molar refractivity (Wildman–Crippen MR) is 71.3 cm³/mol. The van der Waals surface area contributed by atoms with Crippen LogP contribution in [-0.4, -0.2) is 31.6 Å². The molecule has 0 radical (unpaired) electrons. The summed E-state index contributed by atoms with van der Waals surface area (Å²) in [5, 5.41) is 13.0. The molecule has 1 fully saturated rings. The number of para-hydroxylation sites is 1. The van der Waals surface area contributed by atoms with E-state index in [1.165, 1.54) is 0 Å². The maximum absolute atomic E-state index is 11.3. The Kier molecular flexibility index (Phi) is 3.92.